The molecule has 0 radical (unpaired) electrons. The highest BCUT2D eigenvalue weighted by atomic mass is 16.4. The summed E-state index contributed by atoms with van der Waals surface area (Å²) in [5, 5.41) is 12.1. The number of nitrogens with one attached hydrogen (secondary N) is 1. The van der Waals surface area contributed by atoms with Crippen molar-refractivity contribution in [2.75, 3.05) is 6.54 Å². The maximum Gasteiger partial charge on any atom is 0.320 e. The molecule has 0 heterocycles. The zero-order chi connectivity index (χ0) is 13.4. The zero-order valence-corrected chi connectivity index (χ0v) is 11.0. The highest BCUT2D eigenvalue weighted by molar-refractivity contribution is 5.73. The number of benzene rings is 1. The lowest BCUT2D eigenvalue weighted by Gasteiger charge is -2.15. The molecule has 0 aliphatic carbocycles. The summed E-state index contributed by atoms with van der Waals surface area (Å²) >= 11 is 0. The van der Waals surface area contributed by atoms with Crippen molar-refractivity contribution in [3.05, 3.63) is 42.0 Å². The highest BCUT2D eigenvalue weighted by Gasteiger charge is 2.16. The molecule has 1 atom stereocenters. The van der Waals surface area contributed by atoms with Crippen molar-refractivity contribution in [1.29, 1.82) is 0 Å². The van der Waals surface area contributed by atoms with Gasteiger partial charge in [0.25, 0.3) is 0 Å². The summed E-state index contributed by atoms with van der Waals surface area (Å²) in [6.45, 7) is 4.62. The SMILES string of the molecule is CC(C)C[C@H](NCC=Cc1ccccc1)C(=O)O. The highest BCUT2D eigenvalue weighted by Crippen LogP contribution is 2.05. The predicted octanol–water partition coefficient (Wildman–Crippen LogP) is 2.79. The van der Waals surface area contributed by atoms with E-state index < -0.39 is 12.0 Å². The fraction of sp³-hybridized carbons (Fsp3) is 0.400. The molecule has 1 rings (SSSR count). The van der Waals surface area contributed by atoms with E-state index in [4.69, 9.17) is 5.11 Å². The monoisotopic (exact) mass is 247 g/mol. The Kier molecular flexibility index (Phi) is 6.15. The predicted molar refractivity (Wildman–Crippen MR) is 74.4 cm³/mol. The summed E-state index contributed by atoms with van der Waals surface area (Å²) < 4.78 is 0. The lowest BCUT2D eigenvalue weighted by molar-refractivity contribution is -0.139. The molecule has 98 valence electrons. The molecular formula is C15H21NO2. The van der Waals surface area contributed by atoms with Gasteiger partial charge in [0.15, 0.2) is 0 Å². The molecule has 1 aromatic rings. The van der Waals surface area contributed by atoms with Gasteiger partial charge in [-0.2, -0.15) is 0 Å². The first-order valence-electron chi connectivity index (χ1n) is 6.27. The van der Waals surface area contributed by atoms with Crippen LogP contribution in [-0.4, -0.2) is 23.7 Å². The average Bonchev–Trinajstić information content (AvgIpc) is 2.33. The summed E-state index contributed by atoms with van der Waals surface area (Å²) in [6.07, 6.45) is 4.58. The average molecular weight is 247 g/mol. The van der Waals surface area contributed by atoms with Gasteiger partial charge in [-0.05, 0) is 17.9 Å². The Morgan fingerprint density at radius 2 is 2.00 bits per heavy atom. The van der Waals surface area contributed by atoms with Crippen LogP contribution in [0.4, 0.5) is 0 Å². The van der Waals surface area contributed by atoms with Gasteiger partial charge in [-0.25, -0.2) is 0 Å². The molecular weight excluding hydrogens is 226 g/mol. The summed E-state index contributed by atoms with van der Waals surface area (Å²) in [4.78, 5) is 11.0. The number of hydrogen-bond donors (Lipinski definition) is 2. The van der Waals surface area contributed by atoms with Gasteiger partial charge >= 0.3 is 5.97 Å². The molecule has 0 aliphatic rings. The third-order valence-corrected chi connectivity index (χ3v) is 2.60. The maximum atomic E-state index is 11.0. The summed E-state index contributed by atoms with van der Waals surface area (Å²) in [5.74, 6) is -0.409. The molecule has 0 fully saturated rings. The van der Waals surface area contributed by atoms with Gasteiger partial charge in [-0.1, -0.05) is 56.3 Å². The fourth-order valence-corrected chi connectivity index (χ4v) is 1.71. The van der Waals surface area contributed by atoms with Crippen LogP contribution < -0.4 is 5.32 Å². The van der Waals surface area contributed by atoms with E-state index in [9.17, 15) is 4.79 Å². The van der Waals surface area contributed by atoms with E-state index in [0.29, 0.717) is 18.9 Å². The Bertz CT molecular complexity index is 385. The molecule has 3 heteroatoms. The molecule has 0 unspecified atom stereocenters. The van der Waals surface area contributed by atoms with E-state index in [1.165, 1.54) is 0 Å². The van der Waals surface area contributed by atoms with Gasteiger partial charge in [0.1, 0.15) is 6.04 Å². The topological polar surface area (TPSA) is 49.3 Å². The molecule has 3 nitrogen and oxygen atoms in total. The molecule has 0 aliphatic heterocycles. The Morgan fingerprint density at radius 1 is 1.33 bits per heavy atom. The molecule has 18 heavy (non-hydrogen) atoms. The lowest BCUT2D eigenvalue weighted by atomic mass is 10.0. The number of hydrogen-bond acceptors (Lipinski definition) is 2. The van der Waals surface area contributed by atoms with Crippen LogP contribution in [-0.2, 0) is 4.79 Å². The molecule has 1 aromatic carbocycles. The van der Waals surface area contributed by atoms with Gasteiger partial charge in [-0.3, -0.25) is 4.79 Å². The van der Waals surface area contributed by atoms with Crippen LogP contribution in [0.15, 0.2) is 36.4 Å². The first-order valence-corrected chi connectivity index (χ1v) is 6.27. The van der Waals surface area contributed by atoms with Gasteiger partial charge in [0.05, 0.1) is 0 Å². The second kappa shape index (κ2) is 7.67. The molecule has 2 N–H and O–H groups in total. The van der Waals surface area contributed by atoms with E-state index in [2.05, 4.69) is 5.32 Å². The van der Waals surface area contributed by atoms with E-state index >= 15 is 0 Å². The molecule has 0 spiro atoms. The lowest BCUT2D eigenvalue weighted by Crippen LogP contribution is -2.37. The summed E-state index contributed by atoms with van der Waals surface area (Å²) in [5.41, 5.74) is 1.12. The third-order valence-electron chi connectivity index (χ3n) is 2.60. The summed E-state index contributed by atoms with van der Waals surface area (Å²) in [6, 6.07) is 9.49. The van der Waals surface area contributed by atoms with Crippen molar-refractivity contribution in [2.45, 2.75) is 26.3 Å². The fourth-order valence-electron chi connectivity index (χ4n) is 1.71. The molecule has 0 bridgehead atoms. The van der Waals surface area contributed by atoms with Crippen molar-refractivity contribution < 1.29 is 9.90 Å². The van der Waals surface area contributed by atoms with Crippen molar-refractivity contribution in [3.63, 3.8) is 0 Å². The Hall–Kier alpha value is -1.61. The van der Waals surface area contributed by atoms with Gasteiger partial charge < -0.3 is 10.4 Å². The van der Waals surface area contributed by atoms with Crippen LogP contribution >= 0.6 is 0 Å². The largest absolute Gasteiger partial charge is 0.480 e. The maximum absolute atomic E-state index is 11.0. The Balaban J connectivity index is 2.39. The van der Waals surface area contributed by atoms with Crippen LogP contribution in [0.2, 0.25) is 0 Å². The number of carboxylic acid groups (broad SMARTS) is 1. The van der Waals surface area contributed by atoms with Crippen LogP contribution in [0, 0.1) is 5.92 Å². The van der Waals surface area contributed by atoms with Crippen LogP contribution in [0.1, 0.15) is 25.8 Å². The molecule has 0 aromatic heterocycles. The Labute approximate surface area is 109 Å². The van der Waals surface area contributed by atoms with Crippen molar-refractivity contribution >= 4 is 12.0 Å². The van der Waals surface area contributed by atoms with Crippen molar-refractivity contribution in [3.8, 4) is 0 Å². The minimum atomic E-state index is -0.781. The number of aliphatic carboxylic acids is 1. The second-order valence-electron chi connectivity index (χ2n) is 4.74. The van der Waals surface area contributed by atoms with Crippen molar-refractivity contribution in [2.24, 2.45) is 5.92 Å². The summed E-state index contributed by atoms with van der Waals surface area (Å²) in [7, 11) is 0. The quantitative estimate of drug-likeness (QED) is 0.779. The number of carbonyl (C=O) groups is 1. The van der Waals surface area contributed by atoms with Crippen LogP contribution in [0.3, 0.4) is 0 Å². The minimum absolute atomic E-state index is 0.372. The van der Waals surface area contributed by atoms with Gasteiger partial charge in [-0.15, -0.1) is 0 Å². The van der Waals surface area contributed by atoms with Gasteiger partial charge in [0.2, 0.25) is 0 Å². The first-order chi connectivity index (χ1) is 8.59. The van der Waals surface area contributed by atoms with Crippen LogP contribution in [0.5, 0.6) is 0 Å². The Morgan fingerprint density at radius 3 is 2.56 bits per heavy atom. The zero-order valence-electron chi connectivity index (χ0n) is 11.0. The third kappa shape index (κ3) is 5.64. The standard InChI is InChI=1S/C15H21NO2/c1-12(2)11-14(15(17)18)16-10-6-9-13-7-4-3-5-8-13/h3-9,12,14,16H,10-11H2,1-2H3,(H,17,18)/t14-/m0/s1. The van der Waals surface area contributed by atoms with E-state index in [0.717, 1.165) is 5.56 Å². The van der Waals surface area contributed by atoms with Crippen molar-refractivity contribution in [1.82, 2.24) is 5.32 Å². The second-order valence-corrected chi connectivity index (χ2v) is 4.74. The van der Waals surface area contributed by atoms with Gasteiger partial charge in [0, 0.05) is 6.54 Å². The number of rotatable bonds is 7. The van der Waals surface area contributed by atoms with Crippen LogP contribution in [0.25, 0.3) is 6.08 Å². The smallest absolute Gasteiger partial charge is 0.320 e. The van der Waals surface area contributed by atoms with E-state index in [1.807, 2.05) is 56.3 Å². The minimum Gasteiger partial charge on any atom is -0.480 e. The molecule has 0 saturated carbocycles. The normalized spacial score (nSPS) is 13.1. The number of carboxylic acids is 1. The molecule has 0 saturated heterocycles. The molecule has 0 amide bonds. The van der Waals surface area contributed by atoms with E-state index in [1.54, 1.807) is 0 Å². The first kappa shape index (κ1) is 14.5. The van der Waals surface area contributed by atoms with E-state index in [-0.39, 0.29) is 0 Å².